The van der Waals surface area contributed by atoms with Crippen molar-refractivity contribution in [3.05, 3.63) is 24.0 Å². The Hall–Kier alpha value is -2.11. The summed E-state index contributed by atoms with van der Waals surface area (Å²) in [4.78, 5) is 26.5. The number of urea groups is 1. The maximum atomic E-state index is 11.7. The number of aryl methyl sites for hydroxylation is 1. The largest absolute Gasteiger partial charge is 0.480 e. The number of carboxylic acids is 1. The lowest BCUT2D eigenvalue weighted by atomic mass is 10.1. The zero-order chi connectivity index (χ0) is 13.7. The fourth-order valence-corrected chi connectivity index (χ4v) is 1.41. The molecule has 0 unspecified atom stereocenters. The van der Waals surface area contributed by atoms with Crippen LogP contribution in [0.2, 0.25) is 0 Å². The van der Waals surface area contributed by atoms with Gasteiger partial charge in [0.1, 0.15) is 6.04 Å². The molecule has 0 aliphatic carbocycles. The van der Waals surface area contributed by atoms with E-state index in [1.807, 2.05) is 6.92 Å². The average Bonchev–Trinajstić information content (AvgIpc) is 2.28. The second-order valence-electron chi connectivity index (χ2n) is 4.35. The Morgan fingerprint density at radius 1 is 1.39 bits per heavy atom. The van der Waals surface area contributed by atoms with E-state index >= 15 is 0 Å². The highest BCUT2D eigenvalue weighted by Gasteiger charge is 2.23. The molecule has 1 heterocycles. The van der Waals surface area contributed by atoms with Gasteiger partial charge >= 0.3 is 12.0 Å². The molecule has 0 radical (unpaired) electrons. The van der Waals surface area contributed by atoms with Crippen molar-refractivity contribution >= 4 is 17.7 Å². The molecule has 0 saturated heterocycles. The number of nitrogens with zero attached hydrogens (tertiary/aromatic N) is 1. The summed E-state index contributed by atoms with van der Waals surface area (Å²) in [6, 6.07) is 0.293. The van der Waals surface area contributed by atoms with Crippen LogP contribution in [0.15, 0.2) is 18.5 Å². The number of aromatic nitrogens is 1. The third kappa shape index (κ3) is 3.73. The molecule has 0 spiro atoms. The van der Waals surface area contributed by atoms with Gasteiger partial charge < -0.3 is 15.7 Å². The Morgan fingerprint density at radius 2 is 2.06 bits per heavy atom. The molecule has 0 aliphatic rings. The minimum absolute atomic E-state index is 0.191. The minimum Gasteiger partial charge on any atom is -0.480 e. The van der Waals surface area contributed by atoms with Crippen molar-refractivity contribution in [2.45, 2.75) is 26.8 Å². The molecule has 6 heteroatoms. The van der Waals surface area contributed by atoms with E-state index in [9.17, 15) is 9.59 Å². The van der Waals surface area contributed by atoms with Crippen LogP contribution in [-0.2, 0) is 4.79 Å². The number of carboxylic acid groups (broad SMARTS) is 1. The van der Waals surface area contributed by atoms with Crippen molar-refractivity contribution in [1.29, 1.82) is 0 Å². The molecule has 2 amide bonds. The van der Waals surface area contributed by atoms with E-state index < -0.39 is 18.0 Å². The van der Waals surface area contributed by atoms with E-state index in [1.54, 1.807) is 26.1 Å². The van der Waals surface area contributed by atoms with Gasteiger partial charge in [0, 0.05) is 6.20 Å². The third-order valence-corrected chi connectivity index (χ3v) is 2.51. The normalized spacial score (nSPS) is 12.0. The van der Waals surface area contributed by atoms with Gasteiger partial charge in [-0.05, 0) is 24.5 Å². The fourth-order valence-electron chi connectivity index (χ4n) is 1.41. The molecule has 0 saturated carbocycles. The average molecular weight is 251 g/mol. The summed E-state index contributed by atoms with van der Waals surface area (Å²) in [5.74, 6) is -1.24. The standard InChI is InChI=1S/C12H17N3O3/c1-7(2)10(11(16)17)15-12(18)14-9-6-13-5-4-8(9)3/h4-7,10H,1-3H3,(H,16,17)(H2,14,15,18)/t10-/m1/s1. The first-order valence-electron chi connectivity index (χ1n) is 5.62. The van der Waals surface area contributed by atoms with Gasteiger partial charge in [0.25, 0.3) is 0 Å². The Labute approximate surface area is 105 Å². The van der Waals surface area contributed by atoms with Gasteiger partial charge in [0.2, 0.25) is 0 Å². The molecule has 18 heavy (non-hydrogen) atoms. The highest BCUT2D eigenvalue weighted by atomic mass is 16.4. The highest BCUT2D eigenvalue weighted by molar-refractivity contribution is 5.92. The fraction of sp³-hybridized carbons (Fsp3) is 0.417. The summed E-state index contributed by atoms with van der Waals surface area (Å²) < 4.78 is 0. The molecule has 1 aromatic rings. The molecular weight excluding hydrogens is 234 g/mol. The van der Waals surface area contributed by atoms with Gasteiger partial charge in [0.15, 0.2) is 0 Å². The lowest BCUT2D eigenvalue weighted by molar-refractivity contribution is -0.140. The van der Waals surface area contributed by atoms with Crippen molar-refractivity contribution < 1.29 is 14.7 Å². The van der Waals surface area contributed by atoms with E-state index in [0.717, 1.165) is 5.56 Å². The second-order valence-corrected chi connectivity index (χ2v) is 4.35. The number of hydrogen-bond acceptors (Lipinski definition) is 3. The molecule has 1 aromatic heterocycles. The Bertz CT molecular complexity index is 446. The van der Waals surface area contributed by atoms with Crippen LogP contribution in [0.5, 0.6) is 0 Å². The third-order valence-electron chi connectivity index (χ3n) is 2.51. The number of aliphatic carboxylic acids is 1. The van der Waals surface area contributed by atoms with Crippen LogP contribution in [0.3, 0.4) is 0 Å². The number of hydrogen-bond donors (Lipinski definition) is 3. The number of nitrogens with one attached hydrogen (secondary N) is 2. The van der Waals surface area contributed by atoms with Crippen molar-refractivity contribution in [3.8, 4) is 0 Å². The first-order chi connectivity index (χ1) is 8.41. The molecule has 3 N–H and O–H groups in total. The highest BCUT2D eigenvalue weighted by Crippen LogP contribution is 2.11. The predicted octanol–water partition coefficient (Wildman–Crippen LogP) is 1.62. The van der Waals surface area contributed by atoms with Gasteiger partial charge in [-0.15, -0.1) is 0 Å². The zero-order valence-electron chi connectivity index (χ0n) is 10.6. The molecule has 0 bridgehead atoms. The number of carbonyl (C=O) groups excluding carboxylic acids is 1. The molecule has 0 fully saturated rings. The van der Waals surface area contributed by atoms with Crippen LogP contribution >= 0.6 is 0 Å². The minimum atomic E-state index is -1.05. The molecule has 6 nitrogen and oxygen atoms in total. The smallest absolute Gasteiger partial charge is 0.326 e. The van der Waals surface area contributed by atoms with E-state index in [2.05, 4.69) is 15.6 Å². The number of amides is 2. The van der Waals surface area contributed by atoms with Crippen LogP contribution in [0.25, 0.3) is 0 Å². The lowest BCUT2D eigenvalue weighted by Gasteiger charge is -2.18. The lowest BCUT2D eigenvalue weighted by Crippen LogP contribution is -2.46. The molecule has 0 aliphatic heterocycles. The number of pyridine rings is 1. The quantitative estimate of drug-likeness (QED) is 0.758. The van der Waals surface area contributed by atoms with Crippen LogP contribution in [0, 0.1) is 12.8 Å². The van der Waals surface area contributed by atoms with E-state index in [4.69, 9.17) is 5.11 Å². The Morgan fingerprint density at radius 3 is 2.56 bits per heavy atom. The first kappa shape index (κ1) is 14.0. The van der Waals surface area contributed by atoms with Crippen LogP contribution in [-0.4, -0.2) is 28.1 Å². The van der Waals surface area contributed by atoms with Gasteiger partial charge in [0.05, 0.1) is 11.9 Å². The maximum absolute atomic E-state index is 11.7. The summed E-state index contributed by atoms with van der Waals surface area (Å²) in [6.45, 7) is 5.29. The topological polar surface area (TPSA) is 91.3 Å². The van der Waals surface area contributed by atoms with Crippen molar-refractivity contribution in [3.63, 3.8) is 0 Å². The van der Waals surface area contributed by atoms with Crippen molar-refractivity contribution in [1.82, 2.24) is 10.3 Å². The summed E-state index contributed by atoms with van der Waals surface area (Å²) in [5.41, 5.74) is 1.42. The zero-order valence-corrected chi connectivity index (χ0v) is 10.6. The molecule has 1 atom stereocenters. The first-order valence-corrected chi connectivity index (χ1v) is 5.62. The van der Waals surface area contributed by atoms with Crippen molar-refractivity contribution in [2.24, 2.45) is 5.92 Å². The van der Waals surface area contributed by atoms with E-state index in [0.29, 0.717) is 5.69 Å². The number of anilines is 1. The molecule has 0 aromatic carbocycles. The summed E-state index contributed by atoms with van der Waals surface area (Å²) in [5, 5.41) is 13.9. The van der Waals surface area contributed by atoms with Gasteiger partial charge in [-0.3, -0.25) is 4.98 Å². The maximum Gasteiger partial charge on any atom is 0.326 e. The summed E-state index contributed by atoms with van der Waals surface area (Å²) in [7, 11) is 0. The van der Waals surface area contributed by atoms with Crippen LogP contribution < -0.4 is 10.6 Å². The van der Waals surface area contributed by atoms with Gasteiger partial charge in [-0.2, -0.15) is 0 Å². The van der Waals surface area contributed by atoms with Crippen molar-refractivity contribution in [2.75, 3.05) is 5.32 Å². The second kappa shape index (κ2) is 6.00. The van der Waals surface area contributed by atoms with E-state index in [-0.39, 0.29) is 5.92 Å². The molecule has 1 rings (SSSR count). The van der Waals surface area contributed by atoms with Gasteiger partial charge in [-0.25, -0.2) is 9.59 Å². The SMILES string of the molecule is Cc1ccncc1NC(=O)N[C@@H](C(=O)O)C(C)C. The van der Waals surface area contributed by atoms with Crippen LogP contribution in [0.4, 0.5) is 10.5 Å². The summed E-state index contributed by atoms with van der Waals surface area (Å²) in [6.07, 6.45) is 3.13. The predicted molar refractivity (Wildman–Crippen MR) is 67.4 cm³/mol. The Balaban J connectivity index is 2.67. The number of carbonyl (C=O) groups is 2. The monoisotopic (exact) mass is 251 g/mol. The molecular formula is C12H17N3O3. The van der Waals surface area contributed by atoms with Gasteiger partial charge in [-0.1, -0.05) is 13.8 Å². The van der Waals surface area contributed by atoms with E-state index in [1.165, 1.54) is 6.20 Å². The van der Waals surface area contributed by atoms with Crippen LogP contribution in [0.1, 0.15) is 19.4 Å². The molecule has 98 valence electrons. The summed E-state index contributed by atoms with van der Waals surface area (Å²) >= 11 is 0. The Kier molecular flexibility index (Phi) is 4.65. The number of rotatable bonds is 4.